The highest BCUT2D eigenvalue weighted by Crippen LogP contribution is 2.24. The molecule has 1 nitrogen and oxygen atoms in total. The highest BCUT2D eigenvalue weighted by atomic mass is 15.2. The van der Waals surface area contributed by atoms with E-state index in [0.717, 1.165) is 18.3 Å². The average molecular weight is 179 g/mol. The van der Waals surface area contributed by atoms with Gasteiger partial charge in [-0.15, -0.1) is 0 Å². The lowest BCUT2D eigenvalue weighted by molar-refractivity contribution is 0.215. The van der Waals surface area contributed by atoms with Crippen molar-refractivity contribution >= 4 is 0 Å². The summed E-state index contributed by atoms with van der Waals surface area (Å²) >= 11 is 0. The Kier molecular flexibility index (Phi) is 4.07. The minimum absolute atomic E-state index is 0.726. The highest BCUT2D eigenvalue weighted by Gasteiger charge is 2.19. The standard InChI is InChI=1S/C12H21N/c1-4-11(3)13(5-2)12-9-7-6-8-10-12/h4,12H,1,3,5-10H2,2H3. The molecule has 0 N–H and O–H groups in total. The molecule has 0 saturated heterocycles. The predicted octanol–water partition coefficient (Wildman–Crippen LogP) is 3.34. The lowest BCUT2D eigenvalue weighted by atomic mass is 9.94. The molecule has 1 saturated carbocycles. The largest absolute Gasteiger partial charge is 0.369 e. The first-order chi connectivity index (χ1) is 6.29. The van der Waals surface area contributed by atoms with Crippen LogP contribution in [0, 0.1) is 0 Å². The van der Waals surface area contributed by atoms with Crippen molar-refractivity contribution < 1.29 is 0 Å². The highest BCUT2D eigenvalue weighted by molar-refractivity contribution is 5.11. The molecule has 0 atom stereocenters. The zero-order valence-electron chi connectivity index (χ0n) is 8.76. The Bertz CT molecular complexity index is 178. The van der Waals surface area contributed by atoms with Crippen molar-refractivity contribution in [2.45, 2.75) is 45.1 Å². The SMILES string of the molecule is C=CC(=C)N(CC)C1CCCCC1. The van der Waals surface area contributed by atoms with Gasteiger partial charge in [0.05, 0.1) is 0 Å². The van der Waals surface area contributed by atoms with E-state index in [4.69, 9.17) is 0 Å². The molecule has 74 valence electrons. The Balaban J connectivity index is 2.53. The van der Waals surface area contributed by atoms with E-state index in [9.17, 15) is 0 Å². The van der Waals surface area contributed by atoms with Crippen molar-refractivity contribution in [2.24, 2.45) is 0 Å². The van der Waals surface area contributed by atoms with Gasteiger partial charge in [0, 0.05) is 18.3 Å². The molecule has 1 fully saturated rings. The van der Waals surface area contributed by atoms with Gasteiger partial charge in [-0.2, -0.15) is 0 Å². The quantitative estimate of drug-likeness (QED) is 0.598. The van der Waals surface area contributed by atoms with Crippen LogP contribution in [0.4, 0.5) is 0 Å². The van der Waals surface area contributed by atoms with Gasteiger partial charge in [0.2, 0.25) is 0 Å². The number of rotatable bonds is 4. The first-order valence-electron chi connectivity index (χ1n) is 5.37. The molecule has 0 heterocycles. The molecule has 0 amide bonds. The fourth-order valence-electron chi connectivity index (χ4n) is 2.21. The smallest absolute Gasteiger partial charge is 0.0289 e. The van der Waals surface area contributed by atoms with Gasteiger partial charge in [-0.05, 0) is 25.8 Å². The summed E-state index contributed by atoms with van der Waals surface area (Å²) in [6.07, 6.45) is 8.71. The van der Waals surface area contributed by atoms with Crippen molar-refractivity contribution in [3.63, 3.8) is 0 Å². The van der Waals surface area contributed by atoms with E-state index >= 15 is 0 Å². The van der Waals surface area contributed by atoms with E-state index in [-0.39, 0.29) is 0 Å². The second kappa shape index (κ2) is 5.11. The van der Waals surface area contributed by atoms with Crippen molar-refractivity contribution in [3.05, 3.63) is 24.9 Å². The number of hydrogen-bond acceptors (Lipinski definition) is 1. The maximum Gasteiger partial charge on any atom is 0.0289 e. The Morgan fingerprint density at radius 1 is 1.38 bits per heavy atom. The number of allylic oxidation sites excluding steroid dienone is 1. The van der Waals surface area contributed by atoms with E-state index in [1.807, 2.05) is 6.08 Å². The minimum Gasteiger partial charge on any atom is -0.369 e. The summed E-state index contributed by atoms with van der Waals surface area (Å²) in [7, 11) is 0. The maximum atomic E-state index is 4.03. The van der Waals surface area contributed by atoms with Crippen LogP contribution >= 0.6 is 0 Å². The van der Waals surface area contributed by atoms with E-state index in [1.165, 1.54) is 32.1 Å². The van der Waals surface area contributed by atoms with Gasteiger partial charge in [0.15, 0.2) is 0 Å². The number of nitrogens with zero attached hydrogens (tertiary/aromatic N) is 1. The molecule has 1 aliphatic carbocycles. The third-order valence-electron chi connectivity index (χ3n) is 2.96. The zero-order valence-corrected chi connectivity index (χ0v) is 8.76. The Morgan fingerprint density at radius 2 is 2.00 bits per heavy atom. The van der Waals surface area contributed by atoms with E-state index in [2.05, 4.69) is 25.0 Å². The molecule has 0 spiro atoms. The van der Waals surface area contributed by atoms with Crippen molar-refractivity contribution in [1.82, 2.24) is 4.90 Å². The molecule has 1 rings (SSSR count). The first-order valence-corrected chi connectivity index (χ1v) is 5.37. The van der Waals surface area contributed by atoms with Crippen LogP contribution in [0.3, 0.4) is 0 Å². The molecule has 0 aliphatic heterocycles. The molecule has 0 radical (unpaired) electrons. The summed E-state index contributed by atoms with van der Waals surface area (Å²) in [5.74, 6) is 0. The topological polar surface area (TPSA) is 3.24 Å². The van der Waals surface area contributed by atoms with Crippen molar-refractivity contribution in [1.29, 1.82) is 0 Å². The second-order valence-electron chi connectivity index (χ2n) is 3.77. The number of likely N-dealkylation sites (N-methyl/N-ethyl adjacent to an activating group) is 1. The first kappa shape index (κ1) is 10.4. The second-order valence-corrected chi connectivity index (χ2v) is 3.77. The van der Waals surface area contributed by atoms with Gasteiger partial charge >= 0.3 is 0 Å². The maximum absolute atomic E-state index is 4.03. The van der Waals surface area contributed by atoms with Crippen molar-refractivity contribution in [2.75, 3.05) is 6.54 Å². The van der Waals surface area contributed by atoms with E-state index in [1.54, 1.807) is 0 Å². The third-order valence-corrected chi connectivity index (χ3v) is 2.96. The minimum atomic E-state index is 0.726. The van der Waals surface area contributed by atoms with Crippen LogP contribution in [0.25, 0.3) is 0 Å². The molecule has 0 aromatic rings. The van der Waals surface area contributed by atoms with E-state index < -0.39 is 0 Å². The van der Waals surface area contributed by atoms with Crippen LogP contribution < -0.4 is 0 Å². The average Bonchev–Trinajstić information content (AvgIpc) is 2.20. The lowest BCUT2D eigenvalue weighted by Crippen LogP contribution is -2.35. The Morgan fingerprint density at radius 3 is 2.46 bits per heavy atom. The summed E-state index contributed by atoms with van der Waals surface area (Å²) < 4.78 is 0. The third kappa shape index (κ3) is 2.61. The molecule has 1 heteroatoms. The lowest BCUT2D eigenvalue weighted by Gasteiger charge is -2.35. The Labute approximate surface area is 82.1 Å². The van der Waals surface area contributed by atoms with E-state index in [0.29, 0.717) is 0 Å². The molecule has 0 aromatic heterocycles. The van der Waals surface area contributed by atoms with Crippen LogP contribution in [-0.4, -0.2) is 17.5 Å². The normalized spacial score (nSPS) is 18.2. The monoisotopic (exact) mass is 179 g/mol. The molecular weight excluding hydrogens is 158 g/mol. The molecule has 1 aliphatic rings. The van der Waals surface area contributed by atoms with Crippen LogP contribution in [0.2, 0.25) is 0 Å². The molecular formula is C12H21N. The zero-order chi connectivity index (χ0) is 9.68. The van der Waals surface area contributed by atoms with Crippen LogP contribution in [0.1, 0.15) is 39.0 Å². The number of hydrogen-bond donors (Lipinski definition) is 0. The Hall–Kier alpha value is -0.720. The fraction of sp³-hybridized carbons (Fsp3) is 0.667. The fourth-order valence-corrected chi connectivity index (χ4v) is 2.21. The summed E-state index contributed by atoms with van der Waals surface area (Å²) in [5.41, 5.74) is 1.09. The summed E-state index contributed by atoms with van der Waals surface area (Å²) in [6.45, 7) is 11.1. The summed E-state index contributed by atoms with van der Waals surface area (Å²) in [5, 5.41) is 0. The molecule has 13 heavy (non-hydrogen) atoms. The molecule has 0 unspecified atom stereocenters. The van der Waals surface area contributed by atoms with Crippen LogP contribution in [-0.2, 0) is 0 Å². The van der Waals surface area contributed by atoms with Gasteiger partial charge in [0.1, 0.15) is 0 Å². The van der Waals surface area contributed by atoms with Gasteiger partial charge < -0.3 is 4.90 Å². The van der Waals surface area contributed by atoms with Crippen LogP contribution in [0.5, 0.6) is 0 Å². The van der Waals surface area contributed by atoms with Crippen molar-refractivity contribution in [3.8, 4) is 0 Å². The van der Waals surface area contributed by atoms with Gasteiger partial charge in [-0.25, -0.2) is 0 Å². The molecule has 0 aromatic carbocycles. The summed E-state index contributed by atoms with van der Waals surface area (Å²) in [6, 6.07) is 0.726. The predicted molar refractivity (Wildman–Crippen MR) is 58.6 cm³/mol. The van der Waals surface area contributed by atoms with Crippen LogP contribution in [0.15, 0.2) is 24.9 Å². The van der Waals surface area contributed by atoms with Gasteiger partial charge in [0.25, 0.3) is 0 Å². The summed E-state index contributed by atoms with van der Waals surface area (Å²) in [4.78, 5) is 2.40. The van der Waals surface area contributed by atoms with Gasteiger partial charge in [-0.3, -0.25) is 0 Å². The van der Waals surface area contributed by atoms with Gasteiger partial charge in [-0.1, -0.05) is 32.4 Å². The molecule has 0 bridgehead atoms.